The lowest BCUT2D eigenvalue weighted by Gasteiger charge is -2.34. The Balaban J connectivity index is 0.00000264. The van der Waals surface area contributed by atoms with Gasteiger partial charge in [0, 0.05) is 68.5 Å². The third-order valence-electron chi connectivity index (χ3n) is 7.51. The zero-order valence-electron chi connectivity index (χ0n) is 23.7. The maximum atomic E-state index is 12.8. The average Bonchev–Trinajstić information content (AvgIpc) is 3.30. The van der Waals surface area contributed by atoms with Crippen molar-refractivity contribution >= 4 is 35.7 Å². The number of nitrogens with zero attached hydrogens (tertiary/aromatic N) is 3. The molecule has 0 radical (unpaired) electrons. The number of benzene rings is 3. The van der Waals surface area contributed by atoms with Crippen LogP contribution in [0.3, 0.4) is 0 Å². The summed E-state index contributed by atoms with van der Waals surface area (Å²) in [6, 6.07) is 17.5. The topological polar surface area (TPSA) is 46.7 Å². The Bertz CT molecular complexity index is 1480. The van der Waals surface area contributed by atoms with Crippen LogP contribution >= 0.6 is 24.8 Å². The van der Waals surface area contributed by atoms with Crippen LogP contribution in [0.5, 0.6) is 5.75 Å². The van der Waals surface area contributed by atoms with Crippen LogP contribution in [-0.2, 0) is 25.8 Å². The summed E-state index contributed by atoms with van der Waals surface area (Å²) in [5.74, 6) is -0.267. The fourth-order valence-electron chi connectivity index (χ4n) is 5.38. The van der Waals surface area contributed by atoms with E-state index in [0.717, 1.165) is 91.0 Å². The fraction of sp³-hybridized carbons (Fsp3) is 0.355. The molecule has 1 aliphatic rings. The first-order chi connectivity index (χ1) is 20.0. The van der Waals surface area contributed by atoms with E-state index in [-0.39, 0.29) is 30.6 Å². The van der Waals surface area contributed by atoms with Crippen LogP contribution in [-0.4, -0.2) is 53.5 Å². The molecule has 3 aromatic carbocycles. The van der Waals surface area contributed by atoms with E-state index in [2.05, 4.69) is 37.3 Å². The molecule has 1 fully saturated rings. The first-order valence-corrected chi connectivity index (χ1v) is 13.8. The smallest absolute Gasteiger partial charge is 0.406 e. The second-order valence-electron chi connectivity index (χ2n) is 10.5. The van der Waals surface area contributed by atoms with Gasteiger partial charge in [0.25, 0.3) is 0 Å². The van der Waals surface area contributed by atoms with Crippen molar-refractivity contribution in [2.24, 2.45) is 5.73 Å². The minimum Gasteiger partial charge on any atom is -0.406 e. The summed E-state index contributed by atoms with van der Waals surface area (Å²) < 4.78 is 82.6. The molecular weight excluding hydrogens is 629 g/mol. The number of hydrogen-bond donors (Lipinski definition) is 1. The van der Waals surface area contributed by atoms with E-state index in [1.54, 1.807) is 24.3 Å². The Morgan fingerprint density at radius 2 is 1.30 bits per heavy atom. The van der Waals surface area contributed by atoms with E-state index in [1.165, 1.54) is 12.1 Å². The predicted molar refractivity (Wildman–Crippen MR) is 164 cm³/mol. The molecule has 13 heteroatoms. The second kappa shape index (κ2) is 14.9. The molecule has 240 valence electrons. The number of rotatable bonds is 9. The average molecular weight is 664 g/mol. The molecule has 44 heavy (non-hydrogen) atoms. The molecule has 5 rings (SSSR count). The van der Waals surface area contributed by atoms with Gasteiger partial charge >= 0.3 is 12.5 Å². The molecule has 0 unspecified atom stereocenters. The number of aryl methyl sites for hydroxylation is 1. The monoisotopic (exact) mass is 662 g/mol. The Hall–Kier alpha value is -2.96. The van der Waals surface area contributed by atoms with Crippen molar-refractivity contribution in [2.75, 3.05) is 32.7 Å². The Morgan fingerprint density at radius 1 is 0.727 bits per heavy atom. The molecular formula is C31H34Cl2F6N4O. The zero-order valence-corrected chi connectivity index (χ0v) is 25.3. The summed E-state index contributed by atoms with van der Waals surface area (Å²) in [6.07, 6.45) is -6.27. The molecule has 2 heterocycles. The van der Waals surface area contributed by atoms with Crippen molar-refractivity contribution < 1.29 is 31.1 Å². The van der Waals surface area contributed by atoms with Gasteiger partial charge in [0.15, 0.2) is 0 Å². The van der Waals surface area contributed by atoms with Gasteiger partial charge < -0.3 is 15.0 Å². The van der Waals surface area contributed by atoms with Gasteiger partial charge in [-0.25, -0.2) is 0 Å². The number of piperazine rings is 1. The van der Waals surface area contributed by atoms with E-state index in [0.29, 0.717) is 13.1 Å². The van der Waals surface area contributed by atoms with Crippen LogP contribution in [0.4, 0.5) is 26.3 Å². The van der Waals surface area contributed by atoms with Gasteiger partial charge in [0.2, 0.25) is 0 Å². The largest absolute Gasteiger partial charge is 0.573 e. The summed E-state index contributed by atoms with van der Waals surface area (Å²) in [7, 11) is 0. The van der Waals surface area contributed by atoms with Gasteiger partial charge in [-0.1, -0.05) is 30.3 Å². The molecule has 0 aliphatic carbocycles. The first kappa shape index (κ1) is 35.5. The van der Waals surface area contributed by atoms with Crippen molar-refractivity contribution in [2.45, 2.75) is 38.6 Å². The fourth-order valence-corrected chi connectivity index (χ4v) is 5.38. The van der Waals surface area contributed by atoms with Crippen LogP contribution < -0.4 is 10.5 Å². The van der Waals surface area contributed by atoms with Crippen molar-refractivity contribution in [1.82, 2.24) is 14.4 Å². The molecule has 0 amide bonds. The Morgan fingerprint density at radius 3 is 1.84 bits per heavy atom. The summed E-state index contributed by atoms with van der Waals surface area (Å²) in [5.41, 5.74) is 9.81. The Labute approximate surface area is 264 Å². The number of alkyl halides is 6. The summed E-state index contributed by atoms with van der Waals surface area (Å²) in [6.45, 7) is 5.85. The third kappa shape index (κ3) is 9.04. The van der Waals surface area contributed by atoms with Crippen molar-refractivity contribution in [3.63, 3.8) is 0 Å². The molecule has 2 N–H and O–H groups in total. The summed E-state index contributed by atoms with van der Waals surface area (Å²) in [4.78, 5) is 4.59. The first-order valence-electron chi connectivity index (χ1n) is 13.8. The van der Waals surface area contributed by atoms with Gasteiger partial charge in [0.1, 0.15) is 5.75 Å². The molecule has 1 aliphatic heterocycles. The second-order valence-corrected chi connectivity index (χ2v) is 10.5. The molecule has 4 aromatic rings. The molecule has 0 bridgehead atoms. The summed E-state index contributed by atoms with van der Waals surface area (Å²) >= 11 is 0. The van der Waals surface area contributed by atoms with Crippen LogP contribution in [0, 0.1) is 0 Å². The standard InChI is InChI=1S/C31H32F6N4O.2ClH/c32-30(33,34)25-7-2-22(3-8-25)19-39-14-16-40(17-15-39)20-23-4-11-29-27(18-23)28(21-41(29)13-1-12-38)24-5-9-26(10-6-24)42-31(35,36)37;;/h2-11,18,21H,1,12-17,19-20,38H2;2*1H. The van der Waals surface area contributed by atoms with E-state index in [1.807, 2.05) is 6.20 Å². The molecule has 5 nitrogen and oxygen atoms in total. The maximum Gasteiger partial charge on any atom is 0.573 e. The quantitative estimate of drug-likeness (QED) is 0.186. The predicted octanol–water partition coefficient (Wildman–Crippen LogP) is 7.74. The van der Waals surface area contributed by atoms with E-state index >= 15 is 0 Å². The van der Waals surface area contributed by atoms with Crippen LogP contribution in [0.2, 0.25) is 0 Å². The highest BCUT2D eigenvalue weighted by atomic mass is 35.5. The highest BCUT2D eigenvalue weighted by Gasteiger charge is 2.31. The third-order valence-corrected chi connectivity index (χ3v) is 7.51. The minimum absolute atomic E-state index is 0. The summed E-state index contributed by atoms with van der Waals surface area (Å²) in [5, 5.41) is 1.01. The molecule has 1 aromatic heterocycles. The normalized spacial score (nSPS) is 14.7. The number of fused-ring (bicyclic) bond motifs is 1. The molecule has 1 saturated heterocycles. The van der Waals surface area contributed by atoms with E-state index in [9.17, 15) is 26.3 Å². The van der Waals surface area contributed by atoms with Crippen LogP contribution in [0.15, 0.2) is 72.9 Å². The van der Waals surface area contributed by atoms with Gasteiger partial charge in [-0.3, -0.25) is 9.80 Å². The minimum atomic E-state index is -4.75. The lowest BCUT2D eigenvalue weighted by atomic mass is 10.0. The lowest BCUT2D eigenvalue weighted by molar-refractivity contribution is -0.274. The number of hydrogen-bond acceptors (Lipinski definition) is 4. The SMILES string of the molecule is Cl.Cl.NCCCn1cc(-c2ccc(OC(F)(F)F)cc2)c2cc(CN3CCN(Cc4ccc(C(F)(F)F)cc4)CC3)ccc21. The van der Waals surface area contributed by atoms with E-state index < -0.39 is 18.1 Å². The number of aromatic nitrogens is 1. The molecule has 0 spiro atoms. The van der Waals surface area contributed by atoms with Gasteiger partial charge in [-0.15, -0.1) is 38.0 Å². The van der Waals surface area contributed by atoms with Gasteiger partial charge in [-0.2, -0.15) is 13.2 Å². The Kier molecular flexibility index (Phi) is 12.0. The van der Waals surface area contributed by atoms with Gasteiger partial charge in [-0.05, 0) is 66.1 Å². The maximum absolute atomic E-state index is 12.8. The molecule has 0 atom stereocenters. The lowest BCUT2D eigenvalue weighted by Crippen LogP contribution is -2.45. The van der Waals surface area contributed by atoms with Crippen LogP contribution in [0.25, 0.3) is 22.0 Å². The molecule has 0 saturated carbocycles. The number of nitrogens with two attached hydrogens (primary N) is 1. The van der Waals surface area contributed by atoms with Crippen molar-refractivity contribution in [1.29, 1.82) is 0 Å². The number of ether oxygens (including phenoxy) is 1. The van der Waals surface area contributed by atoms with E-state index in [4.69, 9.17) is 5.73 Å². The highest BCUT2D eigenvalue weighted by Crippen LogP contribution is 2.34. The van der Waals surface area contributed by atoms with Gasteiger partial charge in [0.05, 0.1) is 5.56 Å². The van der Waals surface area contributed by atoms with Crippen molar-refractivity contribution in [3.8, 4) is 16.9 Å². The zero-order chi connectivity index (χ0) is 29.9. The van der Waals surface area contributed by atoms with Crippen LogP contribution in [0.1, 0.15) is 23.1 Å². The highest BCUT2D eigenvalue weighted by molar-refractivity contribution is 5.96. The van der Waals surface area contributed by atoms with Crippen molar-refractivity contribution in [3.05, 3.63) is 89.6 Å². The number of halogens is 8.